The lowest BCUT2D eigenvalue weighted by Gasteiger charge is -2.13. The molecule has 0 aliphatic carbocycles. The predicted octanol–water partition coefficient (Wildman–Crippen LogP) is 0.779. The molecule has 0 unspecified atom stereocenters. The first-order valence-electron chi connectivity index (χ1n) is 5.05. The number of aromatic hydroxyl groups is 2. The number of carbonyl (C=O) groups excluding carboxylic acids is 1. The Balaban J connectivity index is 2.70. The van der Waals surface area contributed by atoms with Gasteiger partial charge in [0.25, 0.3) is 0 Å². The van der Waals surface area contributed by atoms with Gasteiger partial charge in [0.1, 0.15) is 6.04 Å². The lowest BCUT2D eigenvalue weighted by Crippen LogP contribution is -2.41. The van der Waals surface area contributed by atoms with E-state index in [-0.39, 0.29) is 17.3 Å². The van der Waals surface area contributed by atoms with Gasteiger partial charge in [0.15, 0.2) is 11.5 Å². The minimum absolute atomic E-state index is 0.0475. The molecule has 18 heavy (non-hydrogen) atoms. The van der Waals surface area contributed by atoms with Crippen molar-refractivity contribution in [3.63, 3.8) is 0 Å². The number of hydrogen-bond donors (Lipinski definition) is 4. The van der Waals surface area contributed by atoms with Gasteiger partial charge in [-0.05, 0) is 12.1 Å². The van der Waals surface area contributed by atoms with Crippen molar-refractivity contribution in [3.05, 3.63) is 18.2 Å². The molecule has 0 radical (unpaired) electrons. The van der Waals surface area contributed by atoms with Gasteiger partial charge in [-0.3, -0.25) is 4.79 Å². The molecule has 1 amide bonds. The molecule has 7 heteroatoms. The summed E-state index contributed by atoms with van der Waals surface area (Å²) in [5.41, 5.74) is 0. The van der Waals surface area contributed by atoms with Gasteiger partial charge in [0, 0.05) is 12.7 Å². The smallest absolute Gasteiger partial charge is 0.327 e. The monoisotopic (exact) mass is 271 g/mol. The molecule has 0 spiro atoms. The van der Waals surface area contributed by atoms with Gasteiger partial charge in [-0.2, -0.15) is 0 Å². The van der Waals surface area contributed by atoms with Gasteiger partial charge in [-0.25, -0.2) is 4.79 Å². The second-order valence-electron chi connectivity index (χ2n) is 3.53. The van der Waals surface area contributed by atoms with Gasteiger partial charge < -0.3 is 20.6 Å². The molecule has 4 N–H and O–H groups in total. The highest BCUT2D eigenvalue weighted by atomic mass is 32.2. The zero-order valence-electron chi connectivity index (χ0n) is 9.58. The van der Waals surface area contributed by atoms with Crippen molar-refractivity contribution < 1.29 is 24.9 Å². The Kier molecular flexibility index (Phi) is 4.85. The van der Waals surface area contributed by atoms with Crippen molar-refractivity contribution in [1.29, 1.82) is 0 Å². The number of amides is 1. The maximum atomic E-state index is 10.9. The van der Waals surface area contributed by atoms with Crippen LogP contribution in [-0.4, -0.2) is 39.0 Å². The van der Waals surface area contributed by atoms with Crippen molar-refractivity contribution >= 4 is 23.6 Å². The number of carbonyl (C=O) groups is 2. The van der Waals surface area contributed by atoms with E-state index in [1.54, 1.807) is 6.07 Å². The van der Waals surface area contributed by atoms with Crippen LogP contribution in [0.4, 0.5) is 0 Å². The zero-order chi connectivity index (χ0) is 13.7. The summed E-state index contributed by atoms with van der Waals surface area (Å²) in [6.07, 6.45) is 0. The van der Waals surface area contributed by atoms with E-state index in [2.05, 4.69) is 5.32 Å². The fraction of sp³-hybridized carbons (Fsp3) is 0.273. The Labute approximate surface area is 108 Å². The van der Waals surface area contributed by atoms with Crippen molar-refractivity contribution in [1.82, 2.24) is 5.32 Å². The average molecular weight is 271 g/mol. The van der Waals surface area contributed by atoms with E-state index in [0.29, 0.717) is 4.90 Å². The summed E-state index contributed by atoms with van der Waals surface area (Å²) in [6, 6.07) is 3.36. The number of rotatable bonds is 5. The normalized spacial score (nSPS) is 11.8. The van der Waals surface area contributed by atoms with E-state index < -0.39 is 17.9 Å². The molecular formula is C11H13NO5S. The molecule has 0 fully saturated rings. The number of carboxylic acids is 1. The van der Waals surface area contributed by atoms with Crippen LogP contribution in [0.5, 0.6) is 11.5 Å². The highest BCUT2D eigenvalue weighted by Gasteiger charge is 2.19. The number of nitrogens with one attached hydrogen (secondary N) is 1. The van der Waals surface area contributed by atoms with Gasteiger partial charge in [-0.1, -0.05) is 6.07 Å². The van der Waals surface area contributed by atoms with Gasteiger partial charge >= 0.3 is 5.97 Å². The topological polar surface area (TPSA) is 107 Å². The van der Waals surface area contributed by atoms with E-state index in [9.17, 15) is 19.8 Å². The second-order valence-corrected chi connectivity index (χ2v) is 4.59. The number of phenolic OH excluding ortho intramolecular Hbond substituents is 2. The summed E-state index contributed by atoms with van der Waals surface area (Å²) in [4.78, 5) is 22.0. The minimum atomic E-state index is -1.16. The lowest BCUT2D eigenvalue weighted by molar-refractivity contribution is -0.140. The molecule has 0 aromatic heterocycles. The van der Waals surface area contributed by atoms with Crippen LogP contribution in [0, 0.1) is 0 Å². The lowest BCUT2D eigenvalue weighted by atomic mass is 10.3. The van der Waals surface area contributed by atoms with E-state index in [0.717, 1.165) is 11.8 Å². The maximum absolute atomic E-state index is 10.9. The van der Waals surface area contributed by atoms with Gasteiger partial charge in [-0.15, -0.1) is 11.8 Å². The average Bonchev–Trinajstić information content (AvgIpc) is 2.28. The molecule has 1 aromatic carbocycles. The Hall–Kier alpha value is -1.89. The summed E-state index contributed by atoms with van der Waals surface area (Å²) < 4.78 is 0. The van der Waals surface area contributed by atoms with Crippen LogP contribution < -0.4 is 5.32 Å². The van der Waals surface area contributed by atoms with Crippen LogP contribution >= 0.6 is 11.8 Å². The minimum Gasteiger partial charge on any atom is -0.504 e. The summed E-state index contributed by atoms with van der Waals surface area (Å²) in [6.45, 7) is 1.23. The number of phenols is 2. The fourth-order valence-electron chi connectivity index (χ4n) is 1.22. The van der Waals surface area contributed by atoms with Crippen LogP contribution in [0.15, 0.2) is 23.1 Å². The number of thioether (sulfide) groups is 1. The Bertz CT molecular complexity index is 463. The molecule has 0 saturated heterocycles. The number of aliphatic carboxylic acids is 1. The van der Waals surface area contributed by atoms with Crippen LogP contribution in [-0.2, 0) is 9.59 Å². The first-order valence-corrected chi connectivity index (χ1v) is 6.04. The Morgan fingerprint density at radius 3 is 2.61 bits per heavy atom. The standard InChI is InChI=1S/C11H13NO5S/c1-6(13)12-7(11(16)17)5-18-9-4-2-3-8(14)10(9)15/h2-4,7,14-15H,5H2,1H3,(H,12,13)(H,16,17)/t7-/m0/s1. The molecule has 0 aliphatic heterocycles. The van der Waals surface area contributed by atoms with Crippen molar-refractivity contribution in [2.75, 3.05) is 5.75 Å². The summed E-state index contributed by atoms with van der Waals surface area (Å²) >= 11 is 1.03. The van der Waals surface area contributed by atoms with E-state index in [1.165, 1.54) is 19.1 Å². The van der Waals surface area contributed by atoms with Gasteiger partial charge in [0.05, 0.1) is 4.90 Å². The van der Waals surface area contributed by atoms with Crippen molar-refractivity contribution in [2.24, 2.45) is 0 Å². The molecule has 0 bridgehead atoms. The highest BCUT2D eigenvalue weighted by molar-refractivity contribution is 7.99. The Morgan fingerprint density at radius 2 is 2.06 bits per heavy atom. The first-order chi connectivity index (χ1) is 8.41. The number of hydrogen-bond acceptors (Lipinski definition) is 5. The third-order valence-electron chi connectivity index (χ3n) is 2.06. The maximum Gasteiger partial charge on any atom is 0.327 e. The van der Waals surface area contributed by atoms with Crippen LogP contribution in [0.25, 0.3) is 0 Å². The molecular weight excluding hydrogens is 258 g/mol. The van der Waals surface area contributed by atoms with E-state index in [4.69, 9.17) is 5.11 Å². The van der Waals surface area contributed by atoms with Crippen molar-refractivity contribution in [2.45, 2.75) is 17.9 Å². The first kappa shape index (κ1) is 14.2. The van der Waals surface area contributed by atoms with Crippen LogP contribution in [0.2, 0.25) is 0 Å². The Morgan fingerprint density at radius 1 is 1.39 bits per heavy atom. The second kappa shape index (κ2) is 6.15. The number of para-hydroxylation sites is 1. The van der Waals surface area contributed by atoms with E-state index >= 15 is 0 Å². The summed E-state index contributed by atoms with van der Waals surface area (Å²) in [5.74, 6) is -2.12. The summed E-state index contributed by atoms with van der Waals surface area (Å²) in [7, 11) is 0. The van der Waals surface area contributed by atoms with Crippen LogP contribution in [0.3, 0.4) is 0 Å². The van der Waals surface area contributed by atoms with Crippen LogP contribution in [0.1, 0.15) is 6.92 Å². The molecule has 1 rings (SSSR count). The molecule has 0 heterocycles. The quantitative estimate of drug-likeness (QED) is 0.465. The molecule has 0 aliphatic rings. The predicted molar refractivity (Wildman–Crippen MR) is 65.7 cm³/mol. The van der Waals surface area contributed by atoms with Crippen molar-refractivity contribution in [3.8, 4) is 11.5 Å². The molecule has 98 valence electrons. The zero-order valence-corrected chi connectivity index (χ0v) is 10.4. The SMILES string of the molecule is CC(=O)N[C@@H](CSc1cccc(O)c1O)C(=O)O. The largest absolute Gasteiger partial charge is 0.504 e. The fourth-order valence-corrected chi connectivity index (χ4v) is 2.21. The van der Waals surface area contributed by atoms with E-state index in [1.807, 2.05) is 0 Å². The third kappa shape index (κ3) is 3.85. The van der Waals surface area contributed by atoms with Gasteiger partial charge in [0.2, 0.25) is 5.91 Å². The highest BCUT2D eigenvalue weighted by Crippen LogP contribution is 2.35. The molecule has 1 atom stereocenters. The molecule has 6 nitrogen and oxygen atoms in total. The molecule has 1 aromatic rings. The number of benzene rings is 1. The third-order valence-corrected chi connectivity index (χ3v) is 3.20. The summed E-state index contributed by atoms with van der Waals surface area (Å²) in [5, 5.41) is 30.0. The molecule has 0 saturated carbocycles. The number of carboxylic acid groups (broad SMARTS) is 1.